The van der Waals surface area contributed by atoms with Crippen LogP contribution in [-0.4, -0.2) is 14.5 Å². The van der Waals surface area contributed by atoms with Gasteiger partial charge in [0.2, 0.25) is 5.95 Å². The van der Waals surface area contributed by atoms with Crippen LogP contribution in [-0.2, 0) is 0 Å². The third kappa shape index (κ3) is 3.69. The summed E-state index contributed by atoms with van der Waals surface area (Å²) in [6, 6.07) is 59.2. The van der Waals surface area contributed by atoms with Crippen molar-refractivity contribution in [2.45, 2.75) is 0 Å². The van der Waals surface area contributed by atoms with Gasteiger partial charge in [0.1, 0.15) is 0 Å². The molecule has 240 valence electrons. The third-order valence-electron chi connectivity index (χ3n) is 11.0. The number of thiophene rings is 1. The van der Waals surface area contributed by atoms with Crippen LogP contribution >= 0.6 is 11.3 Å². The number of rotatable bonds is 2. The maximum absolute atomic E-state index is 5.59. The van der Waals surface area contributed by atoms with Crippen molar-refractivity contribution in [3.63, 3.8) is 0 Å². The molecule has 0 atom stereocenters. The lowest BCUT2D eigenvalue weighted by atomic mass is 9.88. The van der Waals surface area contributed by atoms with E-state index in [4.69, 9.17) is 9.97 Å². The van der Waals surface area contributed by atoms with E-state index in [0.29, 0.717) is 5.95 Å². The first-order chi connectivity index (χ1) is 25.8. The maximum Gasteiger partial charge on any atom is 0.235 e. The molecule has 0 N–H and O–H groups in total. The normalized spacial score (nSPS) is 12.2. The Kier molecular flexibility index (Phi) is 5.65. The molecular formula is C48H27N3S. The van der Waals surface area contributed by atoms with Gasteiger partial charge in [0.25, 0.3) is 0 Å². The van der Waals surface area contributed by atoms with Gasteiger partial charge in [0, 0.05) is 52.7 Å². The van der Waals surface area contributed by atoms with Gasteiger partial charge in [-0.15, -0.1) is 11.3 Å². The zero-order valence-electron chi connectivity index (χ0n) is 27.8. The fourth-order valence-electron chi connectivity index (χ4n) is 8.84. The highest BCUT2D eigenvalue weighted by atomic mass is 32.1. The van der Waals surface area contributed by atoms with Crippen LogP contribution in [0.3, 0.4) is 0 Å². The van der Waals surface area contributed by atoms with Crippen LogP contribution < -0.4 is 0 Å². The van der Waals surface area contributed by atoms with Gasteiger partial charge in [-0.3, -0.25) is 4.57 Å². The molecule has 3 aromatic heterocycles. The van der Waals surface area contributed by atoms with Gasteiger partial charge in [-0.1, -0.05) is 146 Å². The lowest BCUT2D eigenvalue weighted by Gasteiger charge is -2.16. The Morgan fingerprint density at radius 2 is 0.962 bits per heavy atom. The summed E-state index contributed by atoms with van der Waals surface area (Å²) in [7, 11) is 0. The van der Waals surface area contributed by atoms with Crippen molar-refractivity contribution < 1.29 is 0 Å². The number of para-hydroxylation sites is 1. The topological polar surface area (TPSA) is 30.7 Å². The second kappa shape index (κ2) is 10.5. The molecule has 0 unspecified atom stereocenters. The van der Waals surface area contributed by atoms with Crippen molar-refractivity contribution in [2.24, 2.45) is 0 Å². The van der Waals surface area contributed by atoms with Crippen LogP contribution in [0.2, 0.25) is 0 Å². The predicted molar refractivity (Wildman–Crippen MR) is 222 cm³/mol. The highest BCUT2D eigenvalue weighted by molar-refractivity contribution is 7.26. The van der Waals surface area contributed by atoms with Crippen LogP contribution in [0.25, 0.3) is 113 Å². The molecule has 9 aromatic carbocycles. The minimum absolute atomic E-state index is 0.674. The maximum atomic E-state index is 5.59. The van der Waals surface area contributed by atoms with Crippen molar-refractivity contribution in [3.8, 4) is 17.2 Å². The molecule has 0 aliphatic carbocycles. The standard InChI is InChI=1S/C48H27N3S/c1-2-14-28(15-3-1)45-44-38(27-26-36-31-18-11-13-25-40(31)52-47(36)44)49-48(50-45)51-39-24-12-10-23-37(39)43-42-33-20-7-5-17-30(33)29-16-4-6-19-32(29)41(42)34-21-8-9-22-35(34)46(43)51/h1-27H. The number of hydrogen-bond acceptors (Lipinski definition) is 3. The largest absolute Gasteiger partial charge is 0.277 e. The van der Waals surface area contributed by atoms with Gasteiger partial charge in [0.15, 0.2) is 0 Å². The fraction of sp³-hybridized carbons (Fsp3) is 0. The summed E-state index contributed by atoms with van der Waals surface area (Å²) >= 11 is 1.83. The number of hydrogen-bond donors (Lipinski definition) is 0. The Labute approximate surface area is 301 Å². The highest BCUT2D eigenvalue weighted by Gasteiger charge is 2.24. The molecule has 0 saturated heterocycles. The average Bonchev–Trinajstić information content (AvgIpc) is 3.77. The molecule has 52 heavy (non-hydrogen) atoms. The van der Waals surface area contributed by atoms with E-state index in [1.54, 1.807) is 0 Å². The van der Waals surface area contributed by atoms with Gasteiger partial charge in [-0.25, -0.2) is 9.97 Å². The first-order valence-electron chi connectivity index (χ1n) is 17.7. The summed E-state index contributed by atoms with van der Waals surface area (Å²) in [6.07, 6.45) is 0. The average molecular weight is 678 g/mol. The highest BCUT2D eigenvalue weighted by Crippen LogP contribution is 2.48. The lowest BCUT2D eigenvalue weighted by molar-refractivity contribution is 1.02. The lowest BCUT2D eigenvalue weighted by Crippen LogP contribution is -2.04. The molecule has 0 fully saturated rings. The Bertz CT molecular complexity index is 3470. The molecule has 0 radical (unpaired) electrons. The van der Waals surface area contributed by atoms with E-state index in [1.165, 1.54) is 74.0 Å². The summed E-state index contributed by atoms with van der Waals surface area (Å²) in [5.41, 5.74) is 5.19. The van der Waals surface area contributed by atoms with E-state index in [9.17, 15) is 0 Å². The van der Waals surface area contributed by atoms with E-state index in [2.05, 4.69) is 168 Å². The predicted octanol–water partition coefficient (Wildman–Crippen LogP) is 13.4. The summed E-state index contributed by atoms with van der Waals surface area (Å²) in [4.78, 5) is 11.1. The quantitative estimate of drug-likeness (QED) is 0.171. The molecule has 0 bridgehead atoms. The Balaban J connectivity index is 1.32. The smallest absolute Gasteiger partial charge is 0.235 e. The SMILES string of the molecule is c1ccc(-c2nc(-n3c4ccccc4c4c5c6ccccc6c6ccccc6c5c5ccccc5c43)nc3ccc4c5ccccc5sc4c23)cc1. The number of aromatic nitrogens is 3. The molecule has 0 aliphatic heterocycles. The minimum Gasteiger partial charge on any atom is -0.277 e. The van der Waals surface area contributed by atoms with Crippen LogP contribution in [0.15, 0.2) is 164 Å². The Morgan fingerprint density at radius 3 is 1.71 bits per heavy atom. The monoisotopic (exact) mass is 677 g/mol. The second-order valence-electron chi connectivity index (χ2n) is 13.6. The number of fused-ring (bicyclic) bond motifs is 18. The first-order valence-corrected chi connectivity index (χ1v) is 18.5. The van der Waals surface area contributed by atoms with Crippen molar-refractivity contribution in [3.05, 3.63) is 164 Å². The summed E-state index contributed by atoms with van der Waals surface area (Å²) < 4.78 is 4.83. The fourth-order valence-corrected chi connectivity index (χ4v) is 10.1. The molecule has 12 aromatic rings. The van der Waals surface area contributed by atoms with Crippen LogP contribution in [0, 0.1) is 0 Å². The molecular weight excluding hydrogens is 651 g/mol. The zero-order valence-corrected chi connectivity index (χ0v) is 28.7. The van der Waals surface area contributed by atoms with E-state index < -0.39 is 0 Å². The van der Waals surface area contributed by atoms with Crippen molar-refractivity contribution in [1.82, 2.24) is 14.5 Å². The molecule has 0 spiro atoms. The molecule has 4 heteroatoms. The van der Waals surface area contributed by atoms with E-state index >= 15 is 0 Å². The van der Waals surface area contributed by atoms with E-state index in [1.807, 2.05) is 11.3 Å². The molecule has 3 nitrogen and oxygen atoms in total. The molecule has 0 saturated carbocycles. The summed E-state index contributed by atoms with van der Waals surface area (Å²) in [5.74, 6) is 0.674. The minimum atomic E-state index is 0.674. The van der Waals surface area contributed by atoms with Crippen LogP contribution in [0.5, 0.6) is 0 Å². The van der Waals surface area contributed by atoms with E-state index in [-0.39, 0.29) is 0 Å². The second-order valence-corrected chi connectivity index (χ2v) is 14.7. The molecule has 3 heterocycles. The zero-order chi connectivity index (χ0) is 33.9. The Hall–Kier alpha value is -6.62. The van der Waals surface area contributed by atoms with Crippen LogP contribution in [0.1, 0.15) is 0 Å². The van der Waals surface area contributed by atoms with Crippen molar-refractivity contribution in [2.75, 3.05) is 0 Å². The number of benzene rings is 9. The third-order valence-corrected chi connectivity index (χ3v) is 12.2. The van der Waals surface area contributed by atoms with Crippen LogP contribution in [0.4, 0.5) is 0 Å². The first kappa shape index (κ1) is 28.1. The molecule has 12 rings (SSSR count). The van der Waals surface area contributed by atoms with Crippen molar-refractivity contribution >= 4 is 107 Å². The van der Waals surface area contributed by atoms with E-state index in [0.717, 1.165) is 33.2 Å². The van der Waals surface area contributed by atoms with Gasteiger partial charge in [-0.05, 0) is 50.5 Å². The van der Waals surface area contributed by atoms with Gasteiger partial charge in [0.05, 0.1) is 22.2 Å². The van der Waals surface area contributed by atoms with Gasteiger partial charge in [-0.2, -0.15) is 0 Å². The van der Waals surface area contributed by atoms with Crippen molar-refractivity contribution in [1.29, 1.82) is 0 Å². The van der Waals surface area contributed by atoms with Gasteiger partial charge >= 0.3 is 0 Å². The summed E-state index contributed by atoms with van der Waals surface area (Å²) in [6.45, 7) is 0. The number of nitrogens with zero attached hydrogens (tertiary/aromatic N) is 3. The van der Waals surface area contributed by atoms with Gasteiger partial charge < -0.3 is 0 Å². The summed E-state index contributed by atoms with van der Waals surface area (Å²) in [5, 5.41) is 16.1. The Morgan fingerprint density at radius 1 is 0.385 bits per heavy atom. The molecule has 0 amide bonds. The molecule has 0 aliphatic rings.